The Morgan fingerprint density at radius 2 is 2.35 bits per heavy atom. The predicted octanol–water partition coefficient (Wildman–Crippen LogP) is 3.06. The van der Waals surface area contributed by atoms with Gasteiger partial charge in [-0.3, -0.25) is 4.79 Å². The van der Waals surface area contributed by atoms with E-state index in [9.17, 15) is 4.79 Å². The summed E-state index contributed by atoms with van der Waals surface area (Å²) < 4.78 is 1.08. The van der Waals surface area contributed by atoms with E-state index in [1.165, 1.54) is 12.0 Å². The molecule has 1 aliphatic heterocycles. The summed E-state index contributed by atoms with van der Waals surface area (Å²) in [5.41, 5.74) is 1.24. The smallest absolute Gasteiger partial charge is 0.221 e. The Morgan fingerprint density at radius 1 is 1.55 bits per heavy atom. The van der Waals surface area contributed by atoms with Crippen LogP contribution >= 0.6 is 28.3 Å². The van der Waals surface area contributed by atoms with Crippen molar-refractivity contribution < 1.29 is 4.79 Å². The van der Waals surface area contributed by atoms with Gasteiger partial charge >= 0.3 is 0 Å². The largest absolute Gasteiger partial charge is 0.353 e. The van der Waals surface area contributed by atoms with Gasteiger partial charge in [0.05, 0.1) is 0 Å². The van der Waals surface area contributed by atoms with Crippen LogP contribution in [0.2, 0.25) is 0 Å². The van der Waals surface area contributed by atoms with Gasteiger partial charge in [0.15, 0.2) is 0 Å². The van der Waals surface area contributed by atoms with E-state index in [1.807, 2.05) is 12.1 Å². The van der Waals surface area contributed by atoms with Gasteiger partial charge in [-0.25, -0.2) is 0 Å². The Hall–Kier alpha value is -0.580. The van der Waals surface area contributed by atoms with Crippen molar-refractivity contribution in [1.29, 1.82) is 0 Å². The number of benzene rings is 1. The second-order valence-electron chi connectivity index (χ2n) is 5.30. The lowest BCUT2D eigenvalue weighted by molar-refractivity contribution is -0.122. The molecule has 0 aliphatic carbocycles. The third-order valence-electron chi connectivity index (χ3n) is 3.43. The Balaban J connectivity index is 0.00000200. The number of hydrogen-bond acceptors (Lipinski definition) is 2. The van der Waals surface area contributed by atoms with Gasteiger partial charge in [-0.15, -0.1) is 12.4 Å². The third-order valence-corrected chi connectivity index (χ3v) is 3.93. The molecule has 112 valence electrons. The molecule has 5 heteroatoms. The number of amides is 1. The Labute approximate surface area is 135 Å². The summed E-state index contributed by atoms with van der Waals surface area (Å²) in [5.74, 6) is 0.155. The molecule has 3 nitrogen and oxygen atoms in total. The van der Waals surface area contributed by atoms with Crippen LogP contribution in [0.25, 0.3) is 0 Å². The lowest BCUT2D eigenvalue weighted by atomic mass is 10.1. The van der Waals surface area contributed by atoms with E-state index < -0.39 is 0 Å². The van der Waals surface area contributed by atoms with Crippen LogP contribution in [-0.2, 0) is 11.2 Å². The molecule has 1 amide bonds. The zero-order valence-electron chi connectivity index (χ0n) is 11.7. The first-order valence-electron chi connectivity index (χ1n) is 6.90. The van der Waals surface area contributed by atoms with Crippen molar-refractivity contribution in [2.24, 2.45) is 0 Å². The van der Waals surface area contributed by atoms with Gasteiger partial charge in [-0.1, -0.05) is 28.1 Å². The summed E-state index contributed by atoms with van der Waals surface area (Å²) in [6, 6.07) is 8.77. The van der Waals surface area contributed by atoms with Crippen molar-refractivity contribution >= 4 is 34.2 Å². The van der Waals surface area contributed by atoms with E-state index in [-0.39, 0.29) is 24.4 Å². The number of hydrogen-bond donors (Lipinski definition) is 2. The molecule has 1 aliphatic rings. The molecule has 0 bridgehead atoms. The number of halogens is 2. The summed E-state index contributed by atoms with van der Waals surface area (Å²) >= 11 is 3.47. The molecule has 0 radical (unpaired) electrons. The normalized spacial score (nSPS) is 19.2. The zero-order valence-corrected chi connectivity index (χ0v) is 14.1. The fourth-order valence-corrected chi connectivity index (χ4v) is 3.00. The third kappa shape index (κ3) is 5.81. The highest BCUT2D eigenvalue weighted by Gasteiger charge is 2.18. The molecule has 0 spiro atoms. The first kappa shape index (κ1) is 17.5. The first-order valence-corrected chi connectivity index (χ1v) is 7.70. The lowest BCUT2D eigenvalue weighted by Gasteiger charge is -2.16. The van der Waals surface area contributed by atoms with E-state index in [4.69, 9.17) is 0 Å². The van der Waals surface area contributed by atoms with Gasteiger partial charge in [-0.05, 0) is 50.4 Å². The van der Waals surface area contributed by atoms with Crippen molar-refractivity contribution in [2.75, 3.05) is 6.54 Å². The standard InChI is InChI=1S/C15H21BrN2O.ClH/c1-11(8-12-4-2-5-13(16)9-12)18-15(19)10-14-6-3-7-17-14;/h2,4-5,9,11,14,17H,3,6-8,10H2,1H3,(H,18,19);1H. The maximum absolute atomic E-state index is 11.9. The minimum atomic E-state index is 0. The molecule has 2 atom stereocenters. The summed E-state index contributed by atoms with van der Waals surface area (Å²) in [6.45, 7) is 3.10. The monoisotopic (exact) mass is 360 g/mol. The first-order chi connectivity index (χ1) is 9.13. The molecule has 1 fully saturated rings. The van der Waals surface area contributed by atoms with Gasteiger partial charge in [0.2, 0.25) is 5.91 Å². The highest BCUT2D eigenvalue weighted by molar-refractivity contribution is 9.10. The summed E-state index contributed by atoms with van der Waals surface area (Å²) in [6.07, 6.45) is 3.77. The molecular formula is C15H22BrClN2O. The Morgan fingerprint density at radius 3 is 3.00 bits per heavy atom. The van der Waals surface area contributed by atoms with E-state index in [0.717, 1.165) is 23.9 Å². The second kappa shape index (κ2) is 8.65. The molecular weight excluding hydrogens is 340 g/mol. The van der Waals surface area contributed by atoms with Crippen LogP contribution in [0.5, 0.6) is 0 Å². The fraction of sp³-hybridized carbons (Fsp3) is 0.533. The van der Waals surface area contributed by atoms with Crippen LogP contribution in [0.15, 0.2) is 28.7 Å². The predicted molar refractivity (Wildman–Crippen MR) is 88.3 cm³/mol. The van der Waals surface area contributed by atoms with E-state index >= 15 is 0 Å². The van der Waals surface area contributed by atoms with Crippen LogP contribution in [0, 0.1) is 0 Å². The molecule has 0 aromatic heterocycles. The number of rotatable bonds is 5. The van der Waals surface area contributed by atoms with Crippen LogP contribution in [-0.4, -0.2) is 24.5 Å². The fourth-order valence-electron chi connectivity index (χ4n) is 2.56. The van der Waals surface area contributed by atoms with Crippen molar-refractivity contribution in [3.8, 4) is 0 Å². The van der Waals surface area contributed by atoms with Crippen LogP contribution in [0.1, 0.15) is 31.7 Å². The maximum atomic E-state index is 11.9. The van der Waals surface area contributed by atoms with Gasteiger partial charge in [-0.2, -0.15) is 0 Å². The Bertz CT molecular complexity index is 436. The molecule has 1 aromatic rings. The average Bonchev–Trinajstić information content (AvgIpc) is 2.81. The van der Waals surface area contributed by atoms with Gasteiger partial charge in [0.25, 0.3) is 0 Å². The second-order valence-corrected chi connectivity index (χ2v) is 6.22. The highest BCUT2D eigenvalue weighted by atomic mass is 79.9. The summed E-state index contributed by atoms with van der Waals surface area (Å²) in [5, 5.41) is 6.43. The van der Waals surface area contributed by atoms with Gasteiger partial charge < -0.3 is 10.6 Å². The molecule has 1 aromatic carbocycles. The zero-order chi connectivity index (χ0) is 13.7. The maximum Gasteiger partial charge on any atom is 0.221 e. The molecule has 20 heavy (non-hydrogen) atoms. The quantitative estimate of drug-likeness (QED) is 0.846. The van der Waals surface area contributed by atoms with Crippen molar-refractivity contribution in [3.05, 3.63) is 34.3 Å². The van der Waals surface area contributed by atoms with E-state index in [1.54, 1.807) is 0 Å². The summed E-state index contributed by atoms with van der Waals surface area (Å²) in [4.78, 5) is 11.9. The minimum absolute atomic E-state index is 0. The SMILES string of the molecule is CC(Cc1cccc(Br)c1)NC(=O)CC1CCCN1.Cl. The molecule has 2 N–H and O–H groups in total. The number of nitrogens with one attached hydrogen (secondary N) is 2. The average molecular weight is 362 g/mol. The van der Waals surface area contributed by atoms with Crippen molar-refractivity contribution in [2.45, 2.75) is 44.7 Å². The molecule has 0 saturated carbocycles. The van der Waals surface area contributed by atoms with E-state index in [0.29, 0.717) is 12.5 Å². The van der Waals surface area contributed by atoms with E-state index in [2.05, 4.69) is 45.6 Å². The van der Waals surface area contributed by atoms with Crippen LogP contribution < -0.4 is 10.6 Å². The number of carbonyl (C=O) groups is 1. The van der Waals surface area contributed by atoms with Crippen molar-refractivity contribution in [3.63, 3.8) is 0 Å². The van der Waals surface area contributed by atoms with Gasteiger partial charge in [0, 0.05) is 23.0 Å². The van der Waals surface area contributed by atoms with Crippen LogP contribution in [0.3, 0.4) is 0 Å². The molecule has 1 saturated heterocycles. The molecule has 1 heterocycles. The molecule has 2 unspecified atom stereocenters. The topological polar surface area (TPSA) is 41.1 Å². The summed E-state index contributed by atoms with van der Waals surface area (Å²) in [7, 11) is 0. The lowest BCUT2D eigenvalue weighted by Crippen LogP contribution is -2.37. The van der Waals surface area contributed by atoms with Crippen molar-refractivity contribution in [1.82, 2.24) is 10.6 Å². The number of carbonyl (C=O) groups excluding carboxylic acids is 1. The molecule has 2 rings (SSSR count). The van der Waals surface area contributed by atoms with Crippen LogP contribution in [0.4, 0.5) is 0 Å². The van der Waals surface area contributed by atoms with Gasteiger partial charge in [0.1, 0.15) is 0 Å². The highest BCUT2D eigenvalue weighted by Crippen LogP contribution is 2.13. The minimum Gasteiger partial charge on any atom is -0.353 e. The Kier molecular flexibility index (Phi) is 7.56.